The van der Waals surface area contributed by atoms with Crippen LogP contribution in [0, 0.1) is 5.92 Å². The first-order valence-corrected chi connectivity index (χ1v) is 7.25. The van der Waals surface area contributed by atoms with Crippen LogP contribution in [-0.2, 0) is 0 Å². The smallest absolute Gasteiger partial charge is 0.0628 e. The zero-order chi connectivity index (χ0) is 12.3. The fourth-order valence-corrected chi connectivity index (χ4v) is 3.24. The molecule has 0 aromatic carbocycles. The van der Waals surface area contributed by atoms with Crippen LogP contribution in [0.15, 0.2) is 0 Å². The summed E-state index contributed by atoms with van der Waals surface area (Å²) in [5.74, 6) is 0.688. The van der Waals surface area contributed by atoms with Gasteiger partial charge in [0.2, 0.25) is 0 Å². The average Bonchev–Trinajstić information content (AvgIpc) is 3.16. The number of nitrogens with one attached hydrogen (secondary N) is 1. The summed E-state index contributed by atoms with van der Waals surface area (Å²) in [6.07, 6.45) is 7.94. The standard InChI is InChI=1S/C14H28N2O/c1-12-6-4-3-5-9-16(12)10-14(11-17,15-2)13-7-8-13/h12-13,15,17H,3-11H2,1-2H3. The highest BCUT2D eigenvalue weighted by Gasteiger charge is 2.45. The lowest BCUT2D eigenvalue weighted by Gasteiger charge is -2.39. The Bertz CT molecular complexity index is 236. The van der Waals surface area contributed by atoms with Gasteiger partial charge in [-0.2, -0.15) is 0 Å². The molecule has 3 heteroatoms. The number of rotatable bonds is 5. The first kappa shape index (κ1) is 13.3. The van der Waals surface area contributed by atoms with Crippen molar-refractivity contribution in [2.75, 3.05) is 26.7 Å². The van der Waals surface area contributed by atoms with E-state index >= 15 is 0 Å². The van der Waals surface area contributed by atoms with Crippen LogP contribution in [0.5, 0.6) is 0 Å². The lowest BCUT2D eigenvalue weighted by atomic mass is 9.92. The van der Waals surface area contributed by atoms with E-state index in [4.69, 9.17) is 0 Å². The van der Waals surface area contributed by atoms with Crippen LogP contribution >= 0.6 is 0 Å². The summed E-state index contributed by atoms with van der Waals surface area (Å²) in [7, 11) is 2.01. The summed E-state index contributed by atoms with van der Waals surface area (Å²) in [6, 6.07) is 0.676. The fraction of sp³-hybridized carbons (Fsp3) is 1.00. The molecule has 2 aliphatic rings. The van der Waals surface area contributed by atoms with Gasteiger partial charge in [-0.1, -0.05) is 12.8 Å². The highest BCUT2D eigenvalue weighted by atomic mass is 16.3. The predicted molar refractivity (Wildman–Crippen MR) is 71.1 cm³/mol. The first-order chi connectivity index (χ1) is 8.22. The number of aliphatic hydroxyl groups excluding tert-OH is 1. The Balaban J connectivity index is 2.00. The average molecular weight is 240 g/mol. The third-order valence-corrected chi connectivity index (χ3v) is 4.81. The molecule has 2 rings (SSSR count). The van der Waals surface area contributed by atoms with Gasteiger partial charge in [0.05, 0.1) is 12.1 Å². The molecular weight excluding hydrogens is 212 g/mol. The van der Waals surface area contributed by atoms with Crippen molar-refractivity contribution in [3.63, 3.8) is 0 Å². The molecule has 1 saturated heterocycles. The number of likely N-dealkylation sites (tertiary alicyclic amines) is 1. The molecule has 0 aromatic rings. The van der Waals surface area contributed by atoms with Gasteiger partial charge in [0.25, 0.3) is 0 Å². The van der Waals surface area contributed by atoms with Crippen molar-refractivity contribution in [1.29, 1.82) is 0 Å². The van der Waals surface area contributed by atoms with Crippen LogP contribution in [0.25, 0.3) is 0 Å². The minimum atomic E-state index is -0.0431. The van der Waals surface area contributed by atoms with E-state index in [0.29, 0.717) is 12.0 Å². The third-order valence-electron chi connectivity index (χ3n) is 4.81. The molecule has 0 amide bonds. The molecule has 3 nitrogen and oxygen atoms in total. The molecule has 2 unspecified atom stereocenters. The van der Waals surface area contributed by atoms with Crippen molar-refractivity contribution < 1.29 is 5.11 Å². The summed E-state index contributed by atoms with van der Waals surface area (Å²) in [6.45, 7) is 4.84. The topological polar surface area (TPSA) is 35.5 Å². The van der Waals surface area contributed by atoms with Crippen LogP contribution < -0.4 is 5.32 Å². The summed E-state index contributed by atoms with van der Waals surface area (Å²) in [4.78, 5) is 2.60. The number of hydrogen-bond donors (Lipinski definition) is 2. The zero-order valence-corrected chi connectivity index (χ0v) is 11.4. The molecule has 0 radical (unpaired) electrons. The van der Waals surface area contributed by atoms with Crippen molar-refractivity contribution in [3.05, 3.63) is 0 Å². The Hall–Kier alpha value is -0.120. The molecular formula is C14H28N2O. The van der Waals surface area contributed by atoms with Crippen LogP contribution in [0.4, 0.5) is 0 Å². The molecule has 1 saturated carbocycles. The van der Waals surface area contributed by atoms with E-state index in [2.05, 4.69) is 17.1 Å². The summed E-state index contributed by atoms with van der Waals surface area (Å²) in [5.41, 5.74) is -0.0431. The minimum Gasteiger partial charge on any atom is -0.394 e. The first-order valence-electron chi connectivity index (χ1n) is 7.25. The summed E-state index contributed by atoms with van der Waals surface area (Å²) in [5, 5.41) is 13.2. The van der Waals surface area contributed by atoms with Gasteiger partial charge in [0.15, 0.2) is 0 Å². The predicted octanol–water partition coefficient (Wildman–Crippen LogP) is 1.61. The Kier molecular flexibility index (Phi) is 4.45. The largest absolute Gasteiger partial charge is 0.394 e. The molecule has 1 aliphatic heterocycles. The zero-order valence-electron chi connectivity index (χ0n) is 11.4. The Labute approximate surface area is 106 Å². The molecule has 2 fully saturated rings. The SMILES string of the molecule is CNC(CO)(CN1CCCCCC1C)C1CC1. The molecule has 100 valence electrons. The number of nitrogens with zero attached hydrogens (tertiary/aromatic N) is 1. The molecule has 17 heavy (non-hydrogen) atoms. The minimum absolute atomic E-state index is 0.0431. The second-order valence-corrected chi connectivity index (χ2v) is 6.01. The van der Waals surface area contributed by atoms with Gasteiger partial charge in [-0.15, -0.1) is 0 Å². The molecule has 0 spiro atoms. The van der Waals surface area contributed by atoms with Crippen LogP contribution in [0.3, 0.4) is 0 Å². The Morgan fingerprint density at radius 1 is 1.24 bits per heavy atom. The highest BCUT2D eigenvalue weighted by Crippen LogP contribution is 2.40. The molecule has 0 bridgehead atoms. The highest BCUT2D eigenvalue weighted by molar-refractivity contribution is 5.02. The van der Waals surface area contributed by atoms with Gasteiger partial charge in [-0.3, -0.25) is 4.90 Å². The van der Waals surface area contributed by atoms with Crippen molar-refractivity contribution in [3.8, 4) is 0 Å². The van der Waals surface area contributed by atoms with Gasteiger partial charge >= 0.3 is 0 Å². The molecule has 1 heterocycles. The van der Waals surface area contributed by atoms with Gasteiger partial charge < -0.3 is 10.4 Å². The van der Waals surface area contributed by atoms with Crippen molar-refractivity contribution in [2.24, 2.45) is 5.92 Å². The monoisotopic (exact) mass is 240 g/mol. The molecule has 2 atom stereocenters. The maximum Gasteiger partial charge on any atom is 0.0628 e. The van der Waals surface area contributed by atoms with Crippen molar-refractivity contribution in [1.82, 2.24) is 10.2 Å². The maximum absolute atomic E-state index is 9.79. The molecule has 2 N–H and O–H groups in total. The second-order valence-electron chi connectivity index (χ2n) is 6.01. The van der Waals surface area contributed by atoms with Crippen molar-refractivity contribution in [2.45, 2.75) is 57.0 Å². The third kappa shape index (κ3) is 3.01. The lowest BCUT2D eigenvalue weighted by molar-refractivity contribution is 0.0800. The number of hydrogen-bond acceptors (Lipinski definition) is 3. The normalized spacial score (nSPS) is 30.9. The van der Waals surface area contributed by atoms with Gasteiger partial charge in [-0.25, -0.2) is 0 Å². The van der Waals surface area contributed by atoms with Crippen LogP contribution in [0.2, 0.25) is 0 Å². The molecule has 0 aromatic heterocycles. The molecule has 1 aliphatic carbocycles. The maximum atomic E-state index is 9.79. The van der Waals surface area contributed by atoms with E-state index in [1.807, 2.05) is 7.05 Å². The van der Waals surface area contributed by atoms with E-state index in [1.165, 1.54) is 45.1 Å². The van der Waals surface area contributed by atoms with Gasteiger partial charge in [0.1, 0.15) is 0 Å². The second kappa shape index (κ2) is 5.68. The fourth-order valence-electron chi connectivity index (χ4n) is 3.24. The van der Waals surface area contributed by atoms with Gasteiger partial charge in [0, 0.05) is 12.6 Å². The summed E-state index contributed by atoms with van der Waals surface area (Å²) < 4.78 is 0. The van der Waals surface area contributed by atoms with E-state index in [0.717, 1.165) is 6.54 Å². The van der Waals surface area contributed by atoms with Crippen LogP contribution in [-0.4, -0.2) is 48.3 Å². The van der Waals surface area contributed by atoms with Crippen LogP contribution in [0.1, 0.15) is 45.4 Å². The Morgan fingerprint density at radius 2 is 2.00 bits per heavy atom. The number of likely N-dealkylation sites (N-methyl/N-ethyl adjacent to an activating group) is 1. The van der Waals surface area contributed by atoms with E-state index in [9.17, 15) is 5.11 Å². The van der Waals surface area contributed by atoms with Crippen molar-refractivity contribution >= 4 is 0 Å². The van der Waals surface area contributed by atoms with Gasteiger partial charge in [-0.05, 0) is 52.1 Å². The quantitative estimate of drug-likeness (QED) is 0.766. The van der Waals surface area contributed by atoms with E-state index < -0.39 is 0 Å². The summed E-state index contributed by atoms with van der Waals surface area (Å²) >= 11 is 0. The van der Waals surface area contributed by atoms with E-state index in [1.54, 1.807) is 0 Å². The Morgan fingerprint density at radius 3 is 2.59 bits per heavy atom. The number of aliphatic hydroxyl groups is 1. The lowest BCUT2D eigenvalue weighted by Crippen LogP contribution is -2.58. The van der Waals surface area contributed by atoms with E-state index in [-0.39, 0.29) is 12.1 Å².